The van der Waals surface area contributed by atoms with Gasteiger partial charge in [-0.15, -0.1) is 0 Å². The van der Waals surface area contributed by atoms with Crippen molar-refractivity contribution in [3.8, 4) is 0 Å². The van der Waals surface area contributed by atoms with Gasteiger partial charge in [-0.25, -0.2) is 9.97 Å². The number of benzene rings is 1. The number of fused-ring (bicyclic) bond motifs is 1. The standard InChI is InChI=1S/C13H15N3OS/c1-8-11(6-7-17-8)18-12-9-4-2-3-5-10(9)15-13(14)16-12/h2-5,8,11H,6-7H2,1H3,(H2,14,15,16). The molecule has 0 amide bonds. The van der Waals surface area contributed by atoms with Crippen LogP contribution in [0.4, 0.5) is 5.95 Å². The molecule has 1 aromatic heterocycles. The highest BCUT2D eigenvalue weighted by molar-refractivity contribution is 8.00. The van der Waals surface area contributed by atoms with Crippen LogP contribution in [0.1, 0.15) is 13.3 Å². The summed E-state index contributed by atoms with van der Waals surface area (Å²) < 4.78 is 5.58. The Morgan fingerprint density at radius 3 is 2.94 bits per heavy atom. The number of ether oxygens (including phenoxy) is 1. The number of rotatable bonds is 2. The highest BCUT2D eigenvalue weighted by atomic mass is 32.2. The fraction of sp³-hybridized carbons (Fsp3) is 0.385. The van der Waals surface area contributed by atoms with E-state index in [-0.39, 0.29) is 6.10 Å². The predicted molar refractivity (Wildman–Crippen MR) is 73.6 cm³/mol. The fourth-order valence-corrected chi connectivity index (χ4v) is 3.38. The number of nitrogen functional groups attached to an aromatic ring is 1. The zero-order valence-corrected chi connectivity index (χ0v) is 11.0. The van der Waals surface area contributed by atoms with Crippen molar-refractivity contribution >= 4 is 28.6 Å². The van der Waals surface area contributed by atoms with Gasteiger partial charge in [-0.3, -0.25) is 0 Å². The van der Waals surface area contributed by atoms with Crippen molar-refractivity contribution in [1.29, 1.82) is 0 Å². The van der Waals surface area contributed by atoms with Gasteiger partial charge < -0.3 is 10.5 Å². The summed E-state index contributed by atoms with van der Waals surface area (Å²) in [5.74, 6) is 0.336. The quantitative estimate of drug-likeness (QED) is 0.841. The Morgan fingerprint density at radius 1 is 1.33 bits per heavy atom. The molecule has 1 saturated heterocycles. The molecule has 5 heteroatoms. The Hall–Kier alpha value is -1.33. The summed E-state index contributed by atoms with van der Waals surface area (Å²) in [6.45, 7) is 2.94. The zero-order chi connectivity index (χ0) is 12.5. The highest BCUT2D eigenvalue weighted by Gasteiger charge is 2.26. The molecule has 2 atom stereocenters. The summed E-state index contributed by atoms with van der Waals surface area (Å²) in [6.07, 6.45) is 1.33. The Bertz CT molecular complexity index is 575. The number of hydrogen-bond acceptors (Lipinski definition) is 5. The van der Waals surface area contributed by atoms with Gasteiger partial charge in [-0.1, -0.05) is 30.0 Å². The zero-order valence-electron chi connectivity index (χ0n) is 10.2. The van der Waals surface area contributed by atoms with Crippen LogP contribution < -0.4 is 5.73 Å². The van der Waals surface area contributed by atoms with Crippen molar-refractivity contribution in [3.05, 3.63) is 24.3 Å². The lowest BCUT2D eigenvalue weighted by atomic mass is 10.2. The molecule has 0 radical (unpaired) electrons. The molecule has 94 valence electrons. The molecule has 2 unspecified atom stereocenters. The van der Waals surface area contributed by atoms with Crippen molar-refractivity contribution in [2.75, 3.05) is 12.3 Å². The summed E-state index contributed by atoms with van der Waals surface area (Å²) in [4.78, 5) is 8.63. The smallest absolute Gasteiger partial charge is 0.221 e. The van der Waals surface area contributed by atoms with E-state index < -0.39 is 0 Å². The normalized spacial score (nSPS) is 23.6. The second kappa shape index (κ2) is 4.74. The molecule has 2 N–H and O–H groups in total. The van der Waals surface area contributed by atoms with Crippen molar-refractivity contribution < 1.29 is 4.74 Å². The minimum Gasteiger partial charge on any atom is -0.377 e. The largest absolute Gasteiger partial charge is 0.377 e. The van der Waals surface area contributed by atoms with Gasteiger partial charge in [-0.2, -0.15) is 0 Å². The van der Waals surface area contributed by atoms with Gasteiger partial charge in [0, 0.05) is 17.2 Å². The number of aromatic nitrogens is 2. The molecule has 1 fully saturated rings. The average Bonchev–Trinajstić information content (AvgIpc) is 2.75. The first-order valence-electron chi connectivity index (χ1n) is 6.04. The van der Waals surface area contributed by atoms with E-state index in [0.29, 0.717) is 11.2 Å². The van der Waals surface area contributed by atoms with Gasteiger partial charge in [-0.05, 0) is 19.4 Å². The summed E-state index contributed by atoms with van der Waals surface area (Å²) >= 11 is 1.75. The lowest BCUT2D eigenvalue weighted by molar-refractivity contribution is 0.127. The third-order valence-corrected chi connectivity index (χ3v) is 4.61. The van der Waals surface area contributed by atoms with Crippen molar-refractivity contribution in [2.45, 2.75) is 29.7 Å². The van der Waals surface area contributed by atoms with Crippen LogP contribution in [0.2, 0.25) is 0 Å². The van der Waals surface area contributed by atoms with E-state index in [0.717, 1.165) is 29.0 Å². The van der Waals surface area contributed by atoms with Crippen LogP contribution in [-0.4, -0.2) is 27.9 Å². The Labute approximate surface area is 110 Å². The molecule has 1 aliphatic heterocycles. The molecule has 2 heterocycles. The van der Waals surface area contributed by atoms with Gasteiger partial charge in [0.05, 0.1) is 11.6 Å². The van der Waals surface area contributed by atoms with Gasteiger partial charge >= 0.3 is 0 Å². The molecule has 18 heavy (non-hydrogen) atoms. The number of para-hydroxylation sites is 1. The van der Waals surface area contributed by atoms with Gasteiger partial charge in [0.1, 0.15) is 5.03 Å². The second-order valence-electron chi connectivity index (χ2n) is 4.42. The summed E-state index contributed by atoms with van der Waals surface area (Å²) in [6, 6.07) is 7.97. The molecule has 0 spiro atoms. The topological polar surface area (TPSA) is 61.0 Å². The second-order valence-corrected chi connectivity index (χ2v) is 5.65. The van der Waals surface area contributed by atoms with Crippen LogP contribution in [0.15, 0.2) is 29.3 Å². The fourth-order valence-electron chi connectivity index (χ4n) is 2.16. The molecule has 3 rings (SSSR count). The number of thioether (sulfide) groups is 1. The molecule has 0 aliphatic carbocycles. The van der Waals surface area contributed by atoms with Crippen molar-refractivity contribution in [2.24, 2.45) is 0 Å². The SMILES string of the molecule is CC1OCCC1Sc1nc(N)nc2ccccc12. The first kappa shape index (κ1) is 11.7. The van der Waals surface area contributed by atoms with Crippen LogP contribution in [0.3, 0.4) is 0 Å². The maximum absolute atomic E-state index is 5.77. The molecular weight excluding hydrogens is 246 g/mol. The molecule has 4 nitrogen and oxygen atoms in total. The van der Waals surface area contributed by atoms with Gasteiger partial charge in [0.2, 0.25) is 5.95 Å². The van der Waals surface area contributed by atoms with Crippen LogP contribution in [0.5, 0.6) is 0 Å². The van der Waals surface area contributed by atoms with E-state index in [1.807, 2.05) is 24.3 Å². The number of nitrogens with two attached hydrogens (primary N) is 1. The van der Waals surface area contributed by atoms with Crippen LogP contribution >= 0.6 is 11.8 Å². The number of nitrogens with zero attached hydrogens (tertiary/aromatic N) is 2. The number of hydrogen-bond donors (Lipinski definition) is 1. The average molecular weight is 261 g/mol. The van der Waals surface area contributed by atoms with Crippen molar-refractivity contribution in [3.63, 3.8) is 0 Å². The summed E-state index contributed by atoms with van der Waals surface area (Å²) in [7, 11) is 0. The summed E-state index contributed by atoms with van der Waals surface area (Å²) in [5.41, 5.74) is 6.67. The maximum Gasteiger partial charge on any atom is 0.221 e. The van der Waals surface area contributed by atoms with Crippen molar-refractivity contribution in [1.82, 2.24) is 9.97 Å². The van der Waals surface area contributed by atoms with Crippen LogP contribution in [0, 0.1) is 0 Å². The molecule has 1 aromatic carbocycles. The Balaban J connectivity index is 2.00. The minimum atomic E-state index is 0.268. The maximum atomic E-state index is 5.77. The lowest BCUT2D eigenvalue weighted by Gasteiger charge is -2.14. The third kappa shape index (κ3) is 2.15. The van der Waals surface area contributed by atoms with E-state index in [1.165, 1.54) is 0 Å². The third-order valence-electron chi connectivity index (χ3n) is 3.16. The van der Waals surface area contributed by atoms with Gasteiger partial charge in [0.15, 0.2) is 0 Å². The van der Waals surface area contributed by atoms with E-state index in [4.69, 9.17) is 10.5 Å². The van der Waals surface area contributed by atoms with E-state index in [9.17, 15) is 0 Å². The molecular formula is C13H15N3OS. The molecule has 0 saturated carbocycles. The molecule has 1 aliphatic rings. The molecule has 2 aromatic rings. The first-order chi connectivity index (χ1) is 8.74. The van der Waals surface area contributed by atoms with Gasteiger partial charge in [0.25, 0.3) is 0 Å². The van der Waals surface area contributed by atoms with Crippen LogP contribution in [0.25, 0.3) is 10.9 Å². The summed E-state index contributed by atoms with van der Waals surface area (Å²) in [5, 5.41) is 2.47. The minimum absolute atomic E-state index is 0.268. The first-order valence-corrected chi connectivity index (χ1v) is 6.92. The van der Waals surface area contributed by atoms with E-state index >= 15 is 0 Å². The molecule has 0 bridgehead atoms. The van der Waals surface area contributed by atoms with E-state index in [1.54, 1.807) is 11.8 Å². The Kier molecular flexibility index (Phi) is 3.09. The lowest BCUT2D eigenvalue weighted by Crippen LogP contribution is -2.13. The number of anilines is 1. The monoisotopic (exact) mass is 261 g/mol. The van der Waals surface area contributed by atoms with Crippen LogP contribution in [-0.2, 0) is 4.74 Å². The highest BCUT2D eigenvalue weighted by Crippen LogP contribution is 2.35. The predicted octanol–water partition coefficient (Wildman–Crippen LogP) is 2.48. The van der Waals surface area contributed by atoms with E-state index in [2.05, 4.69) is 16.9 Å². The Morgan fingerprint density at radius 2 is 2.17 bits per heavy atom.